The van der Waals surface area contributed by atoms with Crippen LogP contribution in [-0.4, -0.2) is 15.8 Å². The maximum absolute atomic E-state index is 11.1. The maximum Gasteiger partial charge on any atom is 0.130 e. The van der Waals surface area contributed by atoms with Gasteiger partial charge in [-0.05, 0) is 20.8 Å². The highest BCUT2D eigenvalue weighted by Gasteiger charge is 2.12. The molecule has 1 heterocycles. The van der Waals surface area contributed by atoms with E-state index in [0.717, 1.165) is 5.82 Å². The van der Waals surface area contributed by atoms with Crippen LogP contribution in [0.5, 0.6) is 0 Å². The molecule has 1 rings (SSSR count). The largest absolute Gasteiger partial charge is 0.348 e. The lowest BCUT2D eigenvalue weighted by molar-refractivity contribution is -0.117. The summed E-state index contributed by atoms with van der Waals surface area (Å²) >= 11 is 0. The molecule has 0 radical (unpaired) electrons. The van der Waals surface area contributed by atoms with Gasteiger partial charge in [-0.2, -0.15) is 0 Å². The molecule has 3 nitrogen and oxygen atoms in total. The third-order valence-corrected chi connectivity index (χ3v) is 1.91. The van der Waals surface area contributed by atoms with Crippen LogP contribution in [0.3, 0.4) is 0 Å². The summed E-state index contributed by atoms with van der Waals surface area (Å²) in [6.45, 7) is 5.65. The van der Waals surface area contributed by atoms with Gasteiger partial charge in [0.25, 0.3) is 0 Å². The van der Waals surface area contributed by atoms with Gasteiger partial charge < -0.3 is 4.98 Å². The minimum absolute atomic E-state index is 0.0903. The molecule has 0 unspecified atom stereocenters. The normalized spacial score (nSPS) is 12.2. The van der Waals surface area contributed by atoms with Crippen LogP contribution in [0.1, 0.15) is 38.9 Å². The quantitative estimate of drug-likeness (QED) is 0.745. The second kappa shape index (κ2) is 4.74. The predicted octanol–water partition coefficient (Wildman–Crippen LogP) is 2.44. The number of aromatic nitrogens is 2. The third-order valence-electron chi connectivity index (χ3n) is 1.91. The summed E-state index contributed by atoms with van der Waals surface area (Å²) in [5, 5.41) is 0. The van der Waals surface area contributed by atoms with Crippen molar-refractivity contribution < 1.29 is 4.79 Å². The van der Waals surface area contributed by atoms with Crippen molar-refractivity contribution in [3.05, 3.63) is 29.9 Å². The lowest BCUT2D eigenvalue weighted by Gasteiger charge is -2.08. The fourth-order valence-corrected chi connectivity index (χ4v) is 1.43. The van der Waals surface area contributed by atoms with Crippen molar-refractivity contribution >= 4 is 5.78 Å². The number of nitrogens with zero attached hydrogens (tertiary/aromatic N) is 1. The Kier molecular flexibility index (Phi) is 3.63. The van der Waals surface area contributed by atoms with Crippen LogP contribution < -0.4 is 0 Å². The molecule has 1 aromatic heterocycles. The van der Waals surface area contributed by atoms with E-state index >= 15 is 0 Å². The van der Waals surface area contributed by atoms with Crippen molar-refractivity contribution in [1.29, 1.82) is 0 Å². The van der Waals surface area contributed by atoms with Crippen LogP contribution in [0.4, 0.5) is 0 Å². The van der Waals surface area contributed by atoms with Gasteiger partial charge in [-0.15, -0.1) is 0 Å². The van der Waals surface area contributed by atoms with Crippen LogP contribution in [0.25, 0.3) is 0 Å². The number of H-pyrrole nitrogens is 1. The van der Waals surface area contributed by atoms with E-state index in [4.69, 9.17) is 0 Å². The standard InChI is InChI=1S/C11H16N2O/c1-8(2)6-10(7-9(3)14)11-12-4-5-13-11/h4-6,10H,7H2,1-3H3,(H,12,13)/t10-/m1/s1. The van der Waals surface area contributed by atoms with E-state index < -0.39 is 0 Å². The summed E-state index contributed by atoms with van der Waals surface area (Å²) in [5.41, 5.74) is 1.20. The fourth-order valence-electron chi connectivity index (χ4n) is 1.43. The van der Waals surface area contributed by atoms with Gasteiger partial charge in [-0.25, -0.2) is 4.98 Å². The molecule has 0 bridgehead atoms. The summed E-state index contributed by atoms with van der Waals surface area (Å²) in [6, 6.07) is 0. The number of imidazole rings is 1. The van der Waals surface area contributed by atoms with Gasteiger partial charge in [0.05, 0.1) is 0 Å². The molecule has 1 atom stereocenters. The number of ketones is 1. The molecule has 76 valence electrons. The second-order valence-corrected chi connectivity index (χ2v) is 3.73. The summed E-state index contributed by atoms with van der Waals surface area (Å²) in [5.74, 6) is 1.14. The SMILES string of the molecule is CC(=O)C[C@@H](C=C(C)C)c1ncc[nH]1. The molecule has 0 spiro atoms. The molecule has 0 aromatic carbocycles. The minimum Gasteiger partial charge on any atom is -0.348 e. The van der Waals surface area contributed by atoms with E-state index in [2.05, 4.69) is 16.0 Å². The summed E-state index contributed by atoms with van der Waals surface area (Å²) in [7, 11) is 0. The van der Waals surface area contributed by atoms with Crippen molar-refractivity contribution in [2.75, 3.05) is 0 Å². The van der Waals surface area contributed by atoms with Gasteiger partial charge in [0.15, 0.2) is 0 Å². The number of nitrogens with one attached hydrogen (secondary N) is 1. The molecule has 0 aliphatic heterocycles. The topological polar surface area (TPSA) is 45.8 Å². The summed E-state index contributed by atoms with van der Waals surface area (Å²) in [4.78, 5) is 18.3. The highest BCUT2D eigenvalue weighted by molar-refractivity contribution is 5.76. The molecule has 0 amide bonds. The molecule has 0 aliphatic carbocycles. The lowest BCUT2D eigenvalue weighted by Crippen LogP contribution is -2.04. The van der Waals surface area contributed by atoms with Crippen molar-refractivity contribution in [2.24, 2.45) is 0 Å². The zero-order chi connectivity index (χ0) is 10.6. The Bertz CT molecular complexity index is 321. The van der Waals surface area contributed by atoms with E-state index in [1.165, 1.54) is 5.57 Å². The molecule has 0 saturated carbocycles. The number of aromatic amines is 1. The van der Waals surface area contributed by atoms with Crippen LogP contribution in [-0.2, 0) is 4.79 Å². The van der Waals surface area contributed by atoms with Gasteiger partial charge >= 0.3 is 0 Å². The Morgan fingerprint density at radius 3 is 2.71 bits per heavy atom. The van der Waals surface area contributed by atoms with Crippen molar-refractivity contribution in [3.8, 4) is 0 Å². The monoisotopic (exact) mass is 192 g/mol. The van der Waals surface area contributed by atoms with E-state index in [1.807, 2.05) is 13.8 Å². The fraction of sp³-hybridized carbons (Fsp3) is 0.455. The van der Waals surface area contributed by atoms with Gasteiger partial charge in [0.2, 0.25) is 0 Å². The van der Waals surface area contributed by atoms with Crippen LogP contribution in [0.2, 0.25) is 0 Å². The highest BCUT2D eigenvalue weighted by Crippen LogP contribution is 2.19. The predicted molar refractivity (Wildman–Crippen MR) is 56.1 cm³/mol. The Morgan fingerprint density at radius 2 is 2.29 bits per heavy atom. The van der Waals surface area contributed by atoms with Gasteiger partial charge in [0.1, 0.15) is 11.6 Å². The Hall–Kier alpha value is -1.38. The number of Topliss-reactive ketones (excluding diaryl/α,β-unsaturated/α-hetero) is 1. The van der Waals surface area contributed by atoms with Crippen LogP contribution >= 0.6 is 0 Å². The van der Waals surface area contributed by atoms with Gasteiger partial charge in [-0.1, -0.05) is 11.6 Å². The van der Waals surface area contributed by atoms with Crippen molar-refractivity contribution in [2.45, 2.75) is 33.1 Å². The van der Waals surface area contributed by atoms with Crippen LogP contribution in [0.15, 0.2) is 24.0 Å². The number of rotatable bonds is 4. The third kappa shape index (κ3) is 3.17. The molecule has 3 heteroatoms. The lowest BCUT2D eigenvalue weighted by atomic mass is 10.00. The smallest absolute Gasteiger partial charge is 0.130 e. The molecular weight excluding hydrogens is 176 g/mol. The van der Waals surface area contributed by atoms with Crippen LogP contribution in [0, 0.1) is 0 Å². The van der Waals surface area contributed by atoms with E-state index in [1.54, 1.807) is 19.3 Å². The number of allylic oxidation sites excluding steroid dienone is 2. The molecule has 14 heavy (non-hydrogen) atoms. The van der Waals surface area contributed by atoms with Crippen molar-refractivity contribution in [1.82, 2.24) is 9.97 Å². The Labute approximate surface area is 84.3 Å². The number of hydrogen-bond acceptors (Lipinski definition) is 2. The summed E-state index contributed by atoms with van der Waals surface area (Å²) in [6.07, 6.45) is 6.07. The van der Waals surface area contributed by atoms with E-state index in [-0.39, 0.29) is 11.7 Å². The molecule has 0 aliphatic rings. The molecule has 0 fully saturated rings. The number of carbonyl (C=O) groups is 1. The zero-order valence-corrected chi connectivity index (χ0v) is 8.87. The Balaban J connectivity index is 2.83. The average Bonchev–Trinajstić information content (AvgIpc) is 2.52. The minimum atomic E-state index is 0.0903. The van der Waals surface area contributed by atoms with Gasteiger partial charge in [0, 0.05) is 24.7 Å². The first-order valence-electron chi connectivity index (χ1n) is 4.73. The second-order valence-electron chi connectivity index (χ2n) is 3.73. The first-order chi connectivity index (χ1) is 6.59. The van der Waals surface area contributed by atoms with Crippen molar-refractivity contribution in [3.63, 3.8) is 0 Å². The molecule has 1 N–H and O–H groups in total. The van der Waals surface area contributed by atoms with Gasteiger partial charge in [-0.3, -0.25) is 4.79 Å². The maximum atomic E-state index is 11.1. The molecule has 0 saturated heterocycles. The first-order valence-corrected chi connectivity index (χ1v) is 4.73. The average molecular weight is 192 g/mol. The van der Waals surface area contributed by atoms with E-state index in [0.29, 0.717) is 6.42 Å². The summed E-state index contributed by atoms with van der Waals surface area (Å²) < 4.78 is 0. The zero-order valence-electron chi connectivity index (χ0n) is 8.87. The van der Waals surface area contributed by atoms with E-state index in [9.17, 15) is 4.79 Å². The molecular formula is C11H16N2O. The number of hydrogen-bond donors (Lipinski definition) is 1. The Morgan fingerprint density at radius 1 is 1.57 bits per heavy atom. The number of carbonyl (C=O) groups excluding carboxylic acids is 1. The highest BCUT2D eigenvalue weighted by atomic mass is 16.1. The molecule has 1 aromatic rings. The first kappa shape index (κ1) is 10.7.